The van der Waals surface area contributed by atoms with Crippen LogP contribution < -0.4 is 4.74 Å². The van der Waals surface area contributed by atoms with Crippen LogP contribution in [0.5, 0.6) is 5.75 Å². The highest BCUT2D eigenvalue weighted by atomic mass is 32.2. The third kappa shape index (κ3) is 12.0. The van der Waals surface area contributed by atoms with Crippen LogP contribution in [-0.2, 0) is 16.3 Å². The van der Waals surface area contributed by atoms with E-state index in [-0.39, 0.29) is 17.1 Å². The highest BCUT2D eigenvalue weighted by Gasteiger charge is 2.09. The van der Waals surface area contributed by atoms with Gasteiger partial charge in [0.25, 0.3) is 0 Å². The molecule has 2 rings (SSSR count). The van der Waals surface area contributed by atoms with Gasteiger partial charge in [-0.05, 0) is 48.7 Å². The van der Waals surface area contributed by atoms with E-state index in [0.29, 0.717) is 11.3 Å². The summed E-state index contributed by atoms with van der Waals surface area (Å²) >= 11 is 0. The summed E-state index contributed by atoms with van der Waals surface area (Å²) < 4.78 is 28.5. The van der Waals surface area contributed by atoms with Crippen molar-refractivity contribution in [3.05, 3.63) is 71.8 Å². The average molecular weight is 515 g/mol. The molecule has 0 bridgehead atoms. The summed E-state index contributed by atoms with van der Waals surface area (Å²) in [5.41, 5.74) is 1.68. The molecule has 2 aromatic rings. The molecule has 0 aliphatic carbocycles. The predicted octanol–water partition coefficient (Wildman–Crippen LogP) is 7.08. The van der Waals surface area contributed by atoms with E-state index < -0.39 is 16.1 Å². The first-order valence-electron chi connectivity index (χ1n) is 13.2. The van der Waals surface area contributed by atoms with Crippen LogP contribution in [0.25, 0.3) is 0 Å². The number of aliphatic hydroxyl groups is 1. The Morgan fingerprint density at radius 1 is 0.861 bits per heavy atom. The van der Waals surface area contributed by atoms with Crippen molar-refractivity contribution >= 4 is 15.6 Å². The van der Waals surface area contributed by atoms with E-state index in [0.717, 1.165) is 12.7 Å². The highest BCUT2D eigenvalue weighted by Crippen LogP contribution is 2.17. The van der Waals surface area contributed by atoms with Crippen LogP contribution in [-0.4, -0.2) is 31.9 Å². The first-order valence-corrected chi connectivity index (χ1v) is 15.1. The van der Waals surface area contributed by atoms with Crippen molar-refractivity contribution in [1.82, 2.24) is 0 Å². The molecule has 0 saturated heterocycles. The molecule has 1 N–H and O–H groups in total. The molecule has 36 heavy (non-hydrogen) atoms. The summed E-state index contributed by atoms with van der Waals surface area (Å²) in [4.78, 5) is 12.4. The number of Topliss-reactive ketones (excluding diaryl/α,β-unsaturated/α-hetero) is 1. The number of aryl methyl sites for hydroxylation is 1. The minimum Gasteiger partial charge on any atom is -0.461 e. The van der Waals surface area contributed by atoms with E-state index in [4.69, 9.17) is 4.74 Å². The number of hydrogen-bond acceptors (Lipinski definition) is 5. The lowest BCUT2D eigenvalue weighted by molar-refractivity contribution is 0.0246. The number of ketones is 1. The van der Waals surface area contributed by atoms with Crippen molar-refractivity contribution in [1.29, 1.82) is 0 Å². The molecule has 0 aromatic heterocycles. The van der Waals surface area contributed by atoms with Crippen LogP contribution in [0.3, 0.4) is 0 Å². The van der Waals surface area contributed by atoms with E-state index in [1.165, 1.54) is 100 Å². The van der Waals surface area contributed by atoms with E-state index in [2.05, 4.69) is 6.92 Å². The summed E-state index contributed by atoms with van der Waals surface area (Å²) in [5, 5.41) is 10.1. The van der Waals surface area contributed by atoms with Crippen molar-refractivity contribution in [2.75, 3.05) is 6.26 Å². The second-order valence-electron chi connectivity index (χ2n) is 9.44. The zero-order chi connectivity index (χ0) is 26.2. The molecular formula is C30H42O5S. The van der Waals surface area contributed by atoms with Gasteiger partial charge in [0.05, 0.1) is 4.90 Å². The number of rotatable bonds is 18. The van der Waals surface area contributed by atoms with Gasteiger partial charge in [-0.1, -0.05) is 95.1 Å². The van der Waals surface area contributed by atoms with Gasteiger partial charge in [0.15, 0.2) is 15.6 Å². The first kappa shape index (κ1) is 29.8. The Morgan fingerprint density at radius 3 is 1.97 bits per heavy atom. The fraction of sp³-hybridized carbons (Fsp3) is 0.500. The van der Waals surface area contributed by atoms with E-state index >= 15 is 0 Å². The molecule has 0 fully saturated rings. The molecule has 0 aliphatic heterocycles. The third-order valence-corrected chi connectivity index (χ3v) is 7.34. The van der Waals surface area contributed by atoms with Crippen molar-refractivity contribution in [3.8, 4) is 5.75 Å². The largest absolute Gasteiger partial charge is 0.461 e. The molecule has 198 valence electrons. The Hall–Kier alpha value is -2.44. The maximum atomic E-state index is 12.3. The fourth-order valence-electron chi connectivity index (χ4n) is 4.03. The quantitative estimate of drug-likeness (QED) is 0.0995. The minimum absolute atomic E-state index is 0.0798. The fourth-order valence-corrected chi connectivity index (χ4v) is 4.66. The van der Waals surface area contributed by atoms with Gasteiger partial charge < -0.3 is 9.84 Å². The molecule has 0 amide bonds. The normalized spacial score (nSPS) is 12.6. The first-order chi connectivity index (χ1) is 17.3. The van der Waals surface area contributed by atoms with Crippen LogP contribution in [0.15, 0.2) is 65.6 Å². The molecule has 0 saturated carbocycles. The van der Waals surface area contributed by atoms with Gasteiger partial charge in [-0.25, -0.2) is 8.42 Å². The number of benzene rings is 2. The van der Waals surface area contributed by atoms with Crippen molar-refractivity contribution in [3.63, 3.8) is 0 Å². The third-order valence-electron chi connectivity index (χ3n) is 6.21. The van der Waals surface area contributed by atoms with Gasteiger partial charge in [0.1, 0.15) is 5.75 Å². The van der Waals surface area contributed by atoms with E-state index in [9.17, 15) is 18.3 Å². The lowest BCUT2D eigenvalue weighted by atomic mass is 10.0. The second kappa shape index (κ2) is 16.3. The zero-order valence-electron chi connectivity index (χ0n) is 21.8. The lowest BCUT2D eigenvalue weighted by Crippen LogP contribution is -2.12. The maximum Gasteiger partial charge on any atom is 0.217 e. The van der Waals surface area contributed by atoms with Gasteiger partial charge in [0, 0.05) is 18.2 Å². The molecular weight excluding hydrogens is 472 g/mol. The summed E-state index contributed by atoms with van der Waals surface area (Å²) in [6.07, 6.45) is 17.4. The van der Waals surface area contributed by atoms with Crippen molar-refractivity contribution < 1.29 is 23.1 Å². The minimum atomic E-state index is -3.29. The number of unbranched alkanes of at least 4 members (excludes halogenated alkanes) is 9. The van der Waals surface area contributed by atoms with E-state index in [1.54, 1.807) is 6.08 Å². The smallest absolute Gasteiger partial charge is 0.217 e. The van der Waals surface area contributed by atoms with Crippen molar-refractivity contribution in [2.45, 2.75) is 95.2 Å². The summed E-state index contributed by atoms with van der Waals surface area (Å²) in [6.45, 7) is 2.25. The Bertz CT molecular complexity index is 1020. The molecule has 0 spiro atoms. The molecule has 6 heteroatoms. The molecule has 0 heterocycles. The molecule has 0 aliphatic rings. The monoisotopic (exact) mass is 514 g/mol. The van der Waals surface area contributed by atoms with Crippen LogP contribution in [0, 0.1) is 0 Å². The van der Waals surface area contributed by atoms with Gasteiger partial charge in [-0.2, -0.15) is 0 Å². The summed E-state index contributed by atoms with van der Waals surface area (Å²) in [6, 6.07) is 13.6. The number of ether oxygens (including phenoxy) is 1. The maximum absolute atomic E-state index is 12.3. The van der Waals surface area contributed by atoms with E-state index in [1.807, 2.05) is 24.3 Å². The Kier molecular flexibility index (Phi) is 13.5. The Balaban J connectivity index is 1.63. The molecule has 1 unspecified atom stereocenters. The van der Waals surface area contributed by atoms with Crippen LogP contribution >= 0.6 is 0 Å². The number of hydrogen-bond donors (Lipinski definition) is 1. The topological polar surface area (TPSA) is 80.7 Å². The SMILES string of the molecule is CCCCCCCCCCCCc1ccc(OC(O)C=CCC(=O)c2ccc(S(C)(=O)=O)cc2)cc1. The van der Waals surface area contributed by atoms with Crippen LogP contribution in [0.4, 0.5) is 0 Å². The molecule has 5 nitrogen and oxygen atoms in total. The van der Waals surface area contributed by atoms with Crippen molar-refractivity contribution in [2.24, 2.45) is 0 Å². The van der Waals surface area contributed by atoms with Gasteiger partial charge in [0.2, 0.25) is 6.29 Å². The molecule has 2 aromatic carbocycles. The number of sulfone groups is 1. The highest BCUT2D eigenvalue weighted by molar-refractivity contribution is 7.90. The van der Waals surface area contributed by atoms with Crippen LogP contribution in [0.2, 0.25) is 0 Å². The Labute approximate surface area is 217 Å². The Morgan fingerprint density at radius 2 is 1.42 bits per heavy atom. The number of carbonyl (C=O) groups excluding carboxylic acids is 1. The molecule has 0 radical (unpaired) electrons. The second-order valence-corrected chi connectivity index (χ2v) is 11.5. The number of carbonyl (C=O) groups is 1. The summed E-state index contributed by atoms with van der Waals surface area (Å²) in [5.74, 6) is 0.400. The van der Waals surface area contributed by atoms with Gasteiger partial charge in [-0.15, -0.1) is 0 Å². The molecule has 1 atom stereocenters. The zero-order valence-corrected chi connectivity index (χ0v) is 22.6. The van der Waals surface area contributed by atoms with Gasteiger partial charge in [-0.3, -0.25) is 4.79 Å². The predicted molar refractivity (Wildman–Crippen MR) is 146 cm³/mol. The standard InChI is InChI=1S/C30H42O5S/c1-3-4-5-6-7-8-9-10-11-12-14-25-17-21-27(22-18-25)35-30(32)16-13-15-29(31)26-19-23-28(24-20-26)36(2,33)34/h13,16-24,30,32H,3-12,14-15H2,1-2H3. The summed E-state index contributed by atoms with van der Waals surface area (Å²) in [7, 11) is -3.29. The average Bonchev–Trinajstić information content (AvgIpc) is 2.85. The number of aliphatic hydroxyl groups excluding tert-OH is 1. The lowest BCUT2D eigenvalue weighted by Gasteiger charge is -2.10. The number of allylic oxidation sites excluding steroid dienone is 1. The van der Waals surface area contributed by atoms with Gasteiger partial charge >= 0.3 is 0 Å². The van der Waals surface area contributed by atoms with Crippen LogP contribution in [0.1, 0.15) is 93.5 Å².